The van der Waals surface area contributed by atoms with Crippen LogP contribution in [0.15, 0.2) is 35.0 Å². The van der Waals surface area contributed by atoms with E-state index < -0.39 is 0 Å². The molecular weight excluding hydrogens is 222 g/mol. The third-order valence-corrected chi connectivity index (χ3v) is 2.91. The van der Waals surface area contributed by atoms with Crippen molar-refractivity contribution >= 4 is 34.6 Å². The van der Waals surface area contributed by atoms with Gasteiger partial charge in [0.15, 0.2) is 0 Å². The molecule has 1 nitrogen and oxygen atoms in total. The number of benzene rings is 1. The Morgan fingerprint density at radius 1 is 1.46 bits per heavy atom. The third-order valence-electron chi connectivity index (χ3n) is 1.57. The Morgan fingerprint density at radius 3 is 2.69 bits per heavy atom. The summed E-state index contributed by atoms with van der Waals surface area (Å²) in [4.78, 5) is 0. The molecule has 0 atom stereocenters. The molecule has 1 rings (SSSR count). The van der Waals surface area contributed by atoms with E-state index in [-0.39, 0.29) is 0 Å². The van der Waals surface area contributed by atoms with Gasteiger partial charge in [-0.3, -0.25) is 0 Å². The van der Waals surface area contributed by atoms with E-state index in [0.29, 0.717) is 12.8 Å². The van der Waals surface area contributed by atoms with Crippen LogP contribution in [0, 0.1) is 0 Å². The second kappa shape index (κ2) is 6.35. The fourth-order valence-corrected chi connectivity index (χ4v) is 2.01. The van der Waals surface area contributed by atoms with Crippen LogP contribution in [0.2, 0.25) is 0 Å². The van der Waals surface area contributed by atoms with E-state index in [0.717, 1.165) is 11.3 Å². The molecule has 0 saturated carbocycles. The molecule has 0 amide bonds. The maximum absolute atomic E-state index is 5.48. The molecule has 0 aliphatic carbocycles. The molecule has 0 bridgehead atoms. The fraction of sp³-hybridized carbons (Fsp3) is 0.200. The van der Waals surface area contributed by atoms with E-state index >= 15 is 0 Å². The molecule has 13 heavy (non-hydrogen) atoms. The molecule has 0 heterocycles. The van der Waals surface area contributed by atoms with Crippen LogP contribution < -0.4 is 0 Å². The third kappa shape index (κ3) is 4.07. The Balaban J connectivity index is 2.73. The van der Waals surface area contributed by atoms with Gasteiger partial charge in [0, 0.05) is 0 Å². The second-order valence-electron chi connectivity index (χ2n) is 2.51. The SMILES string of the molecule is [Li][Se]/C(=C\c1ccccc1)OCC. The van der Waals surface area contributed by atoms with Crippen molar-refractivity contribution in [2.24, 2.45) is 0 Å². The molecule has 0 spiro atoms. The molecular formula is C10H11LiOSe. The molecule has 0 aliphatic heterocycles. The average molecular weight is 233 g/mol. The van der Waals surface area contributed by atoms with E-state index in [9.17, 15) is 0 Å². The van der Waals surface area contributed by atoms with Gasteiger partial charge in [0.25, 0.3) is 0 Å². The number of hydrogen-bond donors (Lipinski definition) is 0. The Hall–Kier alpha value is -0.123. The topological polar surface area (TPSA) is 9.23 Å². The molecule has 0 radical (unpaired) electrons. The Kier molecular flexibility index (Phi) is 5.35. The first kappa shape index (κ1) is 11.0. The molecule has 3 heteroatoms. The number of rotatable bonds is 4. The van der Waals surface area contributed by atoms with Crippen LogP contribution in [0.4, 0.5) is 0 Å². The number of hydrogen-bond acceptors (Lipinski definition) is 1. The Morgan fingerprint density at radius 2 is 2.15 bits per heavy atom. The van der Waals surface area contributed by atoms with Crippen LogP contribution in [0.3, 0.4) is 0 Å². The van der Waals surface area contributed by atoms with Crippen molar-refractivity contribution < 1.29 is 4.74 Å². The summed E-state index contributed by atoms with van der Waals surface area (Å²) in [6.07, 6.45) is 2.11. The minimum atomic E-state index is 0.436. The van der Waals surface area contributed by atoms with Crippen LogP contribution in [-0.2, 0) is 4.74 Å². The summed E-state index contributed by atoms with van der Waals surface area (Å²) in [5.41, 5.74) is 1.22. The molecule has 0 saturated heterocycles. The van der Waals surface area contributed by atoms with Gasteiger partial charge < -0.3 is 0 Å². The van der Waals surface area contributed by atoms with Crippen LogP contribution in [0.1, 0.15) is 12.5 Å². The predicted octanol–water partition coefficient (Wildman–Crippen LogP) is 1.81. The molecule has 0 aromatic heterocycles. The van der Waals surface area contributed by atoms with Gasteiger partial charge in [0.05, 0.1) is 0 Å². The van der Waals surface area contributed by atoms with Gasteiger partial charge in [0.2, 0.25) is 0 Å². The normalized spacial score (nSPS) is 11.5. The Labute approximate surface area is 93.2 Å². The zero-order valence-corrected chi connectivity index (χ0v) is 9.70. The first-order valence-corrected chi connectivity index (χ1v) is 6.87. The minimum absolute atomic E-state index is 0.436. The summed E-state index contributed by atoms with van der Waals surface area (Å²) in [5, 5.41) is 0. The molecule has 1 aromatic rings. The van der Waals surface area contributed by atoms with Gasteiger partial charge in [-0.1, -0.05) is 0 Å². The summed E-state index contributed by atoms with van der Waals surface area (Å²) in [6.45, 7) is 2.78. The van der Waals surface area contributed by atoms with E-state index in [2.05, 4.69) is 34.0 Å². The van der Waals surface area contributed by atoms with Crippen LogP contribution in [0.5, 0.6) is 0 Å². The molecule has 0 N–H and O–H groups in total. The zero-order chi connectivity index (χ0) is 9.52. The van der Waals surface area contributed by atoms with Gasteiger partial charge in [-0.15, -0.1) is 0 Å². The van der Waals surface area contributed by atoms with Crippen molar-refractivity contribution in [3.63, 3.8) is 0 Å². The van der Waals surface area contributed by atoms with Gasteiger partial charge in [-0.05, 0) is 0 Å². The monoisotopic (exact) mass is 234 g/mol. The second-order valence-corrected chi connectivity index (χ2v) is 4.21. The Bertz CT molecular complexity index is 272. The first-order valence-electron chi connectivity index (χ1n) is 4.30. The van der Waals surface area contributed by atoms with Crippen molar-refractivity contribution in [3.05, 3.63) is 40.6 Å². The van der Waals surface area contributed by atoms with Gasteiger partial charge in [-0.2, -0.15) is 0 Å². The summed E-state index contributed by atoms with van der Waals surface area (Å²) >= 11 is 2.60. The van der Waals surface area contributed by atoms with Gasteiger partial charge in [-0.25, -0.2) is 0 Å². The van der Waals surface area contributed by atoms with E-state index in [1.165, 1.54) is 5.56 Å². The zero-order valence-electron chi connectivity index (χ0n) is 7.99. The fourth-order valence-electron chi connectivity index (χ4n) is 0.987. The van der Waals surface area contributed by atoms with E-state index in [1.54, 1.807) is 0 Å². The summed E-state index contributed by atoms with van der Waals surface area (Å²) < 4.78 is 6.60. The van der Waals surface area contributed by atoms with E-state index in [1.807, 2.05) is 25.1 Å². The molecule has 0 aliphatic rings. The first-order chi connectivity index (χ1) is 6.36. The molecule has 0 fully saturated rings. The predicted molar refractivity (Wildman–Crippen MR) is 57.6 cm³/mol. The van der Waals surface area contributed by atoms with Gasteiger partial charge in [0.1, 0.15) is 0 Å². The number of ether oxygens (including phenoxy) is 1. The van der Waals surface area contributed by atoms with Crippen molar-refractivity contribution in [3.8, 4) is 0 Å². The van der Waals surface area contributed by atoms with Crippen LogP contribution >= 0.6 is 0 Å². The van der Waals surface area contributed by atoms with Crippen molar-refractivity contribution in [2.75, 3.05) is 6.61 Å². The summed E-state index contributed by atoms with van der Waals surface area (Å²) in [6, 6.07) is 10.3. The van der Waals surface area contributed by atoms with Crippen molar-refractivity contribution in [2.45, 2.75) is 6.92 Å². The standard InChI is InChI=1S/C10H12OSe.Li/c1-2-11-10(12)8-9-6-4-3-5-7-9;/h3-8,12H,2H2,1H3;/q;+1/p-1/b10-8-;. The average Bonchev–Trinajstić information content (AvgIpc) is 2.19. The molecule has 64 valence electrons. The van der Waals surface area contributed by atoms with Crippen molar-refractivity contribution in [1.29, 1.82) is 0 Å². The summed E-state index contributed by atoms with van der Waals surface area (Å²) in [7, 11) is 0. The maximum atomic E-state index is 5.48. The van der Waals surface area contributed by atoms with Crippen LogP contribution in [0.25, 0.3) is 6.08 Å². The van der Waals surface area contributed by atoms with Crippen LogP contribution in [-0.4, -0.2) is 35.2 Å². The summed E-state index contributed by atoms with van der Waals surface area (Å²) in [5.74, 6) is 0. The van der Waals surface area contributed by atoms with E-state index in [4.69, 9.17) is 4.74 Å². The molecule has 0 unspecified atom stereocenters. The quantitative estimate of drug-likeness (QED) is 0.569. The van der Waals surface area contributed by atoms with Gasteiger partial charge >= 0.3 is 93.4 Å². The molecule has 1 aromatic carbocycles. The van der Waals surface area contributed by atoms with Crippen molar-refractivity contribution in [1.82, 2.24) is 0 Å².